The quantitative estimate of drug-likeness (QED) is 0.898. The van der Waals surface area contributed by atoms with E-state index in [0.29, 0.717) is 11.6 Å². The fraction of sp³-hybridized carbons (Fsp3) is 0.588. The fourth-order valence-corrected chi connectivity index (χ4v) is 3.61. The maximum Gasteiger partial charge on any atom is 0.249 e. The molecule has 0 radical (unpaired) electrons. The molecule has 3 rings (SSSR count). The molecule has 0 bridgehead atoms. The van der Waals surface area contributed by atoms with Crippen molar-refractivity contribution in [2.45, 2.75) is 37.8 Å². The zero-order chi connectivity index (χ0) is 15.4. The van der Waals surface area contributed by atoms with Gasteiger partial charge < -0.3 is 15.0 Å². The average Bonchev–Trinajstić information content (AvgIpc) is 3.06. The molecule has 2 fully saturated rings. The number of rotatable bonds is 4. The fourth-order valence-electron chi connectivity index (χ4n) is 3.35. The Hall–Kier alpha value is -0.810. The van der Waals surface area contributed by atoms with Crippen molar-refractivity contribution in [3.8, 4) is 0 Å². The van der Waals surface area contributed by atoms with E-state index in [1.165, 1.54) is 12.8 Å². The summed E-state index contributed by atoms with van der Waals surface area (Å²) < 4.78 is 5.79. The molecular weight excluding hydrogens is 335 g/mol. The van der Waals surface area contributed by atoms with Crippen molar-refractivity contribution in [2.24, 2.45) is 0 Å². The van der Waals surface area contributed by atoms with Crippen molar-refractivity contribution in [3.05, 3.63) is 34.9 Å². The molecule has 1 aromatic rings. The Morgan fingerprint density at radius 3 is 2.78 bits per heavy atom. The Morgan fingerprint density at radius 1 is 1.30 bits per heavy atom. The zero-order valence-corrected chi connectivity index (χ0v) is 14.7. The minimum absolute atomic E-state index is 0. The van der Waals surface area contributed by atoms with Gasteiger partial charge in [0, 0.05) is 24.7 Å². The molecule has 1 aliphatic carbocycles. The van der Waals surface area contributed by atoms with Crippen LogP contribution in [0.4, 0.5) is 0 Å². The summed E-state index contributed by atoms with van der Waals surface area (Å²) >= 11 is 6.31. The lowest BCUT2D eigenvalue weighted by atomic mass is 10.0. The number of ether oxygens (including phenoxy) is 1. The minimum atomic E-state index is -0.0119. The Labute approximate surface area is 148 Å². The van der Waals surface area contributed by atoms with E-state index in [-0.39, 0.29) is 37.1 Å². The van der Waals surface area contributed by atoms with Crippen molar-refractivity contribution >= 4 is 29.9 Å². The highest BCUT2D eigenvalue weighted by atomic mass is 35.5. The normalized spacial score (nSPS) is 22.0. The first kappa shape index (κ1) is 18.5. The average molecular weight is 359 g/mol. The molecule has 0 aromatic heterocycles. The number of halogens is 2. The first-order valence-corrected chi connectivity index (χ1v) is 8.49. The number of nitrogens with one attached hydrogen (secondary N) is 1. The van der Waals surface area contributed by atoms with Gasteiger partial charge in [-0.1, -0.05) is 42.6 Å². The molecule has 4 nitrogen and oxygen atoms in total. The summed E-state index contributed by atoms with van der Waals surface area (Å²) in [5.41, 5.74) is 1.01. The number of hydrogen-bond acceptors (Lipinski definition) is 3. The summed E-state index contributed by atoms with van der Waals surface area (Å²) in [6.45, 7) is 2.43. The van der Waals surface area contributed by atoms with Gasteiger partial charge in [0.05, 0.1) is 12.1 Å². The van der Waals surface area contributed by atoms with Crippen molar-refractivity contribution in [3.63, 3.8) is 0 Å². The van der Waals surface area contributed by atoms with Gasteiger partial charge in [0.25, 0.3) is 0 Å². The Morgan fingerprint density at radius 2 is 2.04 bits per heavy atom. The molecule has 1 saturated heterocycles. The second-order valence-electron chi connectivity index (χ2n) is 6.05. The molecular formula is C17H24Cl2N2O2. The van der Waals surface area contributed by atoms with Crippen LogP contribution in [0, 0.1) is 0 Å². The maximum absolute atomic E-state index is 12.6. The molecule has 0 spiro atoms. The lowest BCUT2D eigenvalue weighted by Crippen LogP contribution is -2.50. The van der Waals surface area contributed by atoms with Crippen LogP contribution in [0.15, 0.2) is 24.3 Å². The molecule has 2 aliphatic rings. The van der Waals surface area contributed by atoms with Crippen molar-refractivity contribution in [1.29, 1.82) is 0 Å². The summed E-state index contributed by atoms with van der Waals surface area (Å²) in [5.74, 6) is 0.0679. The van der Waals surface area contributed by atoms with E-state index in [2.05, 4.69) is 5.32 Å². The van der Waals surface area contributed by atoms with Crippen LogP contribution >= 0.6 is 24.0 Å². The van der Waals surface area contributed by atoms with Gasteiger partial charge in [0.15, 0.2) is 0 Å². The van der Waals surface area contributed by atoms with Gasteiger partial charge in [-0.05, 0) is 24.5 Å². The number of carbonyl (C=O) groups is 1. The van der Waals surface area contributed by atoms with Crippen LogP contribution < -0.4 is 5.32 Å². The summed E-state index contributed by atoms with van der Waals surface area (Å²) in [7, 11) is 0. The van der Waals surface area contributed by atoms with Gasteiger partial charge in [-0.25, -0.2) is 0 Å². The molecule has 128 valence electrons. The van der Waals surface area contributed by atoms with Crippen molar-refractivity contribution < 1.29 is 9.53 Å². The molecule has 1 saturated carbocycles. The SMILES string of the molecule is Cl.O=C(COC1CCCC1)N1CCNCC1c1ccccc1Cl. The number of hydrogen-bond donors (Lipinski definition) is 1. The Balaban J connectivity index is 0.00000192. The highest BCUT2D eigenvalue weighted by molar-refractivity contribution is 6.31. The third-order valence-corrected chi connectivity index (χ3v) is 4.92. The highest BCUT2D eigenvalue weighted by Crippen LogP contribution is 2.29. The number of benzene rings is 1. The molecule has 1 atom stereocenters. The van der Waals surface area contributed by atoms with E-state index in [1.807, 2.05) is 29.2 Å². The third kappa shape index (κ3) is 4.60. The molecule has 23 heavy (non-hydrogen) atoms. The summed E-state index contributed by atoms with van der Waals surface area (Å²) in [5, 5.41) is 4.06. The van der Waals surface area contributed by atoms with Crippen molar-refractivity contribution in [1.82, 2.24) is 10.2 Å². The predicted octanol–water partition coefficient (Wildman–Crippen LogP) is 3.19. The van der Waals surface area contributed by atoms with Crippen LogP contribution in [0.1, 0.15) is 37.3 Å². The lowest BCUT2D eigenvalue weighted by Gasteiger charge is -2.37. The zero-order valence-electron chi connectivity index (χ0n) is 13.2. The van der Waals surface area contributed by atoms with Crippen LogP contribution in [0.2, 0.25) is 5.02 Å². The van der Waals surface area contributed by atoms with Gasteiger partial charge >= 0.3 is 0 Å². The monoisotopic (exact) mass is 358 g/mol. The van der Waals surface area contributed by atoms with Crippen LogP contribution in [0.5, 0.6) is 0 Å². The van der Waals surface area contributed by atoms with E-state index < -0.39 is 0 Å². The van der Waals surface area contributed by atoms with E-state index in [9.17, 15) is 4.79 Å². The molecule has 1 heterocycles. The largest absolute Gasteiger partial charge is 0.368 e. The molecule has 1 amide bonds. The van der Waals surface area contributed by atoms with Gasteiger partial charge in [0.2, 0.25) is 5.91 Å². The van der Waals surface area contributed by atoms with E-state index in [4.69, 9.17) is 16.3 Å². The second-order valence-corrected chi connectivity index (χ2v) is 6.45. The third-order valence-electron chi connectivity index (χ3n) is 4.57. The van der Waals surface area contributed by atoms with Gasteiger partial charge in [0.1, 0.15) is 6.61 Å². The van der Waals surface area contributed by atoms with Crippen LogP contribution in [0.25, 0.3) is 0 Å². The standard InChI is InChI=1S/C17H23ClN2O2.ClH/c18-15-8-4-3-7-14(15)16-11-19-9-10-20(16)17(21)12-22-13-5-1-2-6-13;/h3-4,7-8,13,16,19H,1-2,5-6,9-12H2;1H. The van der Waals surface area contributed by atoms with Gasteiger partial charge in [-0.3, -0.25) is 4.79 Å². The Bertz CT molecular complexity index is 521. The molecule has 6 heteroatoms. The van der Waals surface area contributed by atoms with Gasteiger partial charge in [-0.15, -0.1) is 12.4 Å². The van der Waals surface area contributed by atoms with E-state index in [1.54, 1.807) is 0 Å². The second kappa shape index (κ2) is 8.88. The minimum Gasteiger partial charge on any atom is -0.368 e. The number of piperazine rings is 1. The first-order chi connectivity index (χ1) is 10.8. The topological polar surface area (TPSA) is 41.6 Å². The number of carbonyl (C=O) groups excluding carboxylic acids is 1. The van der Waals surface area contributed by atoms with E-state index >= 15 is 0 Å². The smallest absolute Gasteiger partial charge is 0.249 e. The van der Waals surface area contributed by atoms with E-state index in [0.717, 1.165) is 31.5 Å². The molecule has 1 unspecified atom stereocenters. The van der Waals surface area contributed by atoms with Crippen LogP contribution in [-0.2, 0) is 9.53 Å². The molecule has 1 N–H and O–H groups in total. The summed E-state index contributed by atoms with van der Waals surface area (Å²) in [6, 6.07) is 7.74. The van der Waals surface area contributed by atoms with Crippen molar-refractivity contribution in [2.75, 3.05) is 26.2 Å². The first-order valence-electron chi connectivity index (χ1n) is 8.12. The summed E-state index contributed by atoms with van der Waals surface area (Å²) in [6.07, 6.45) is 4.88. The maximum atomic E-state index is 12.6. The predicted molar refractivity (Wildman–Crippen MR) is 94.2 cm³/mol. The summed E-state index contributed by atoms with van der Waals surface area (Å²) in [4.78, 5) is 14.5. The number of nitrogens with zero attached hydrogens (tertiary/aromatic N) is 1. The van der Waals surface area contributed by atoms with Crippen LogP contribution in [-0.4, -0.2) is 43.2 Å². The number of amides is 1. The lowest BCUT2D eigenvalue weighted by molar-refractivity contribution is -0.141. The van der Waals surface area contributed by atoms with Gasteiger partial charge in [-0.2, -0.15) is 0 Å². The molecule has 1 aliphatic heterocycles. The molecule has 1 aromatic carbocycles. The van der Waals surface area contributed by atoms with Crippen LogP contribution in [0.3, 0.4) is 0 Å². The Kier molecular flexibility index (Phi) is 7.15. The highest BCUT2D eigenvalue weighted by Gasteiger charge is 2.29.